The maximum Gasteiger partial charge on any atom is 0.312 e. The van der Waals surface area contributed by atoms with Gasteiger partial charge in [-0.1, -0.05) is 38.1 Å². The lowest BCUT2D eigenvalue weighted by molar-refractivity contribution is -0.163. The molecule has 0 fully saturated rings. The van der Waals surface area contributed by atoms with E-state index >= 15 is 0 Å². The summed E-state index contributed by atoms with van der Waals surface area (Å²) >= 11 is 0. The normalized spacial score (nSPS) is 14.9. The Morgan fingerprint density at radius 1 is 1.14 bits per heavy atom. The Hall–Kier alpha value is -1.35. The molecule has 0 spiro atoms. The molecule has 0 aliphatic carbocycles. The maximum atomic E-state index is 12.0. The van der Waals surface area contributed by atoms with E-state index in [2.05, 4.69) is 13.8 Å². The predicted molar refractivity (Wildman–Crippen MR) is 85.0 cm³/mol. The number of aliphatic hydroxyl groups is 1. The second kappa shape index (κ2) is 7.08. The summed E-state index contributed by atoms with van der Waals surface area (Å²) in [6, 6.07) is 7.81. The molecular formula is C18H28O3. The first kappa shape index (κ1) is 17.7. The second-order valence-electron chi connectivity index (χ2n) is 7.11. The van der Waals surface area contributed by atoms with E-state index in [-0.39, 0.29) is 5.97 Å². The highest BCUT2D eigenvalue weighted by molar-refractivity contribution is 5.73. The molecular weight excluding hydrogens is 264 g/mol. The van der Waals surface area contributed by atoms with E-state index in [0.29, 0.717) is 5.92 Å². The van der Waals surface area contributed by atoms with Gasteiger partial charge in [0.15, 0.2) is 0 Å². The van der Waals surface area contributed by atoms with Gasteiger partial charge in [0.1, 0.15) is 5.60 Å². The largest absolute Gasteiger partial charge is 0.460 e. The Balaban J connectivity index is 2.74. The fourth-order valence-corrected chi connectivity index (χ4v) is 2.13. The number of esters is 1. The number of ether oxygens (including phenoxy) is 1. The summed E-state index contributed by atoms with van der Waals surface area (Å²) in [5.41, 5.74) is 1.46. The monoisotopic (exact) mass is 292 g/mol. The van der Waals surface area contributed by atoms with Crippen molar-refractivity contribution < 1.29 is 14.6 Å². The van der Waals surface area contributed by atoms with E-state index < -0.39 is 17.6 Å². The smallest absolute Gasteiger partial charge is 0.312 e. The fourth-order valence-electron chi connectivity index (χ4n) is 2.13. The average Bonchev–Trinajstić information content (AvgIpc) is 2.35. The standard InChI is InChI=1S/C18H28O3/c1-12(2)11-14-7-9-15(10-8-14)16(19)13(3)17(20)21-18(4,5)6/h7-10,12-13,16,19H,11H2,1-6H3. The maximum absolute atomic E-state index is 12.0. The second-order valence-corrected chi connectivity index (χ2v) is 7.11. The Morgan fingerprint density at radius 3 is 2.10 bits per heavy atom. The molecule has 0 saturated carbocycles. The third-order valence-corrected chi connectivity index (χ3v) is 3.22. The molecule has 0 saturated heterocycles. The number of carbonyl (C=O) groups is 1. The molecule has 3 heteroatoms. The zero-order chi connectivity index (χ0) is 16.2. The molecule has 0 amide bonds. The van der Waals surface area contributed by atoms with E-state index in [1.165, 1.54) is 5.56 Å². The molecule has 2 unspecified atom stereocenters. The van der Waals surface area contributed by atoms with Crippen molar-refractivity contribution in [3.05, 3.63) is 35.4 Å². The molecule has 0 heterocycles. The van der Waals surface area contributed by atoms with Crippen molar-refractivity contribution in [1.82, 2.24) is 0 Å². The quantitative estimate of drug-likeness (QED) is 0.837. The number of hydrogen-bond acceptors (Lipinski definition) is 3. The van der Waals surface area contributed by atoms with E-state index in [9.17, 15) is 9.90 Å². The van der Waals surface area contributed by atoms with Gasteiger partial charge in [-0.25, -0.2) is 0 Å². The Bertz CT molecular complexity index is 454. The lowest BCUT2D eigenvalue weighted by Gasteiger charge is -2.24. The lowest BCUT2D eigenvalue weighted by Crippen LogP contribution is -2.30. The third kappa shape index (κ3) is 5.88. The van der Waals surface area contributed by atoms with Gasteiger partial charge >= 0.3 is 5.97 Å². The van der Waals surface area contributed by atoms with Gasteiger partial charge in [0.2, 0.25) is 0 Å². The first-order chi connectivity index (χ1) is 9.60. The SMILES string of the molecule is CC(C)Cc1ccc(C(O)C(C)C(=O)OC(C)(C)C)cc1. The Kier molecular flexibility index (Phi) is 5.97. The van der Waals surface area contributed by atoms with Crippen LogP contribution in [-0.2, 0) is 16.0 Å². The molecule has 1 aromatic carbocycles. The van der Waals surface area contributed by atoms with Crippen LogP contribution >= 0.6 is 0 Å². The van der Waals surface area contributed by atoms with E-state index in [4.69, 9.17) is 4.74 Å². The van der Waals surface area contributed by atoms with Crippen LogP contribution in [0.5, 0.6) is 0 Å². The molecule has 0 aliphatic rings. The Morgan fingerprint density at radius 2 is 1.67 bits per heavy atom. The Labute approximate surface area is 128 Å². The van der Waals surface area contributed by atoms with Crippen LogP contribution in [0.1, 0.15) is 58.8 Å². The van der Waals surface area contributed by atoms with Crippen LogP contribution in [0.4, 0.5) is 0 Å². The van der Waals surface area contributed by atoms with Crippen molar-refractivity contribution >= 4 is 5.97 Å². The zero-order valence-corrected chi connectivity index (χ0v) is 14.0. The van der Waals surface area contributed by atoms with E-state index in [1.54, 1.807) is 6.92 Å². The molecule has 0 aliphatic heterocycles. The van der Waals surface area contributed by atoms with Crippen LogP contribution in [0.25, 0.3) is 0 Å². The molecule has 1 aromatic rings. The van der Waals surface area contributed by atoms with Crippen molar-refractivity contribution in [3.63, 3.8) is 0 Å². The first-order valence-corrected chi connectivity index (χ1v) is 7.60. The minimum absolute atomic E-state index is 0.374. The van der Waals surface area contributed by atoms with Crippen molar-refractivity contribution in [2.45, 2.75) is 59.7 Å². The van der Waals surface area contributed by atoms with Gasteiger partial charge in [0, 0.05) is 0 Å². The van der Waals surface area contributed by atoms with Crippen molar-refractivity contribution in [3.8, 4) is 0 Å². The summed E-state index contributed by atoms with van der Waals surface area (Å²) in [4.78, 5) is 12.0. The summed E-state index contributed by atoms with van der Waals surface area (Å²) in [6.07, 6.45) is 0.172. The molecule has 118 valence electrons. The number of aliphatic hydroxyl groups excluding tert-OH is 1. The number of hydrogen-bond donors (Lipinski definition) is 1. The third-order valence-electron chi connectivity index (χ3n) is 3.22. The van der Waals surface area contributed by atoms with Gasteiger partial charge in [-0.2, -0.15) is 0 Å². The molecule has 0 bridgehead atoms. The topological polar surface area (TPSA) is 46.5 Å². The summed E-state index contributed by atoms with van der Waals surface area (Å²) in [5, 5.41) is 10.3. The average molecular weight is 292 g/mol. The van der Waals surface area contributed by atoms with Gasteiger partial charge in [-0.05, 0) is 51.2 Å². The number of carbonyl (C=O) groups excluding carboxylic acids is 1. The van der Waals surface area contributed by atoms with E-state index in [0.717, 1.165) is 12.0 Å². The summed E-state index contributed by atoms with van der Waals surface area (Å²) in [6.45, 7) is 11.5. The molecule has 0 aromatic heterocycles. The van der Waals surface area contributed by atoms with Crippen LogP contribution in [0.3, 0.4) is 0 Å². The van der Waals surface area contributed by atoms with Gasteiger partial charge in [0.25, 0.3) is 0 Å². The molecule has 1 N–H and O–H groups in total. The van der Waals surface area contributed by atoms with Crippen LogP contribution < -0.4 is 0 Å². The molecule has 0 radical (unpaired) electrons. The minimum atomic E-state index is -0.840. The summed E-state index contributed by atoms with van der Waals surface area (Å²) < 4.78 is 5.32. The molecule has 2 atom stereocenters. The molecule has 3 nitrogen and oxygen atoms in total. The summed E-state index contributed by atoms with van der Waals surface area (Å²) in [5.74, 6) is -0.358. The zero-order valence-electron chi connectivity index (χ0n) is 14.0. The van der Waals surface area contributed by atoms with Crippen LogP contribution in [-0.4, -0.2) is 16.7 Å². The molecule has 21 heavy (non-hydrogen) atoms. The highest BCUT2D eigenvalue weighted by Gasteiger charge is 2.28. The first-order valence-electron chi connectivity index (χ1n) is 7.60. The fraction of sp³-hybridized carbons (Fsp3) is 0.611. The van der Waals surface area contributed by atoms with Crippen LogP contribution in [0.2, 0.25) is 0 Å². The van der Waals surface area contributed by atoms with Gasteiger partial charge in [-0.15, -0.1) is 0 Å². The predicted octanol–water partition coefficient (Wildman–Crippen LogP) is 3.90. The lowest BCUT2D eigenvalue weighted by atomic mass is 9.95. The number of rotatable bonds is 5. The van der Waals surface area contributed by atoms with Crippen molar-refractivity contribution in [1.29, 1.82) is 0 Å². The van der Waals surface area contributed by atoms with Crippen molar-refractivity contribution in [2.75, 3.05) is 0 Å². The van der Waals surface area contributed by atoms with Gasteiger partial charge in [0.05, 0.1) is 12.0 Å². The highest BCUT2D eigenvalue weighted by Crippen LogP contribution is 2.25. The van der Waals surface area contributed by atoms with Gasteiger partial charge in [-0.3, -0.25) is 4.79 Å². The van der Waals surface area contributed by atoms with E-state index in [1.807, 2.05) is 45.0 Å². The van der Waals surface area contributed by atoms with Gasteiger partial charge < -0.3 is 9.84 Å². The van der Waals surface area contributed by atoms with Crippen LogP contribution in [0, 0.1) is 11.8 Å². The summed E-state index contributed by atoms with van der Waals surface area (Å²) in [7, 11) is 0. The van der Waals surface area contributed by atoms with Crippen LogP contribution in [0.15, 0.2) is 24.3 Å². The highest BCUT2D eigenvalue weighted by atomic mass is 16.6. The minimum Gasteiger partial charge on any atom is -0.460 e. The number of benzene rings is 1. The molecule has 1 rings (SSSR count). The van der Waals surface area contributed by atoms with Crippen molar-refractivity contribution in [2.24, 2.45) is 11.8 Å².